The molecule has 1 atom stereocenters. The number of nitrogens with one attached hydrogen (secondary N) is 1. The van der Waals surface area contributed by atoms with Crippen molar-refractivity contribution in [3.05, 3.63) is 65.4 Å². The summed E-state index contributed by atoms with van der Waals surface area (Å²) in [7, 11) is 0. The first-order valence-electron chi connectivity index (χ1n) is 12.4. The lowest BCUT2D eigenvalue weighted by molar-refractivity contribution is -0.128. The summed E-state index contributed by atoms with van der Waals surface area (Å²) in [4.78, 5) is 35.9. The topological polar surface area (TPSA) is 74.8 Å². The molecular formula is C28H36N4O3. The van der Waals surface area contributed by atoms with E-state index in [-0.39, 0.29) is 30.4 Å². The summed E-state index contributed by atoms with van der Waals surface area (Å²) >= 11 is 0. The van der Waals surface area contributed by atoms with Crippen LogP contribution in [-0.2, 0) is 16.0 Å². The van der Waals surface area contributed by atoms with E-state index in [0.29, 0.717) is 25.2 Å². The van der Waals surface area contributed by atoms with Crippen molar-refractivity contribution in [2.45, 2.75) is 46.2 Å². The lowest BCUT2D eigenvalue weighted by atomic mass is 9.71. The van der Waals surface area contributed by atoms with Crippen LogP contribution in [0, 0.1) is 5.41 Å². The molecule has 2 aliphatic heterocycles. The molecule has 0 bridgehead atoms. The van der Waals surface area contributed by atoms with Gasteiger partial charge in [-0.1, -0.05) is 50.2 Å². The van der Waals surface area contributed by atoms with Gasteiger partial charge in [0.05, 0.1) is 31.5 Å². The van der Waals surface area contributed by atoms with E-state index in [0.717, 1.165) is 30.2 Å². The third-order valence-electron chi connectivity index (χ3n) is 6.78. The van der Waals surface area contributed by atoms with Crippen molar-refractivity contribution in [2.75, 3.05) is 37.7 Å². The molecule has 4 rings (SSSR count). The van der Waals surface area contributed by atoms with Gasteiger partial charge in [-0.15, -0.1) is 0 Å². The largest absolute Gasteiger partial charge is 0.378 e. The average molecular weight is 477 g/mol. The van der Waals surface area contributed by atoms with E-state index < -0.39 is 5.41 Å². The van der Waals surface area contributed by atoms with Gasteiger partial charge in [0, 0.05) is 30.1 Å². The van der Waals surface area contributed by atoms with Gasteiger partial charge in [0.25, 0.3) is 0 Å². The van der Waals surface area contributed by atoms with Crippen LogP contribution >= 0.6 is 0 Å². The number of ether oxygens (including phenoxy) is 1. The standard InChI is InChI=1S/C28H36N4O3/c1-20(2)29-27(34)32-19-22(18-23-11-8-12-25(30-23)31-13-15-35-16-14-31)26(33)28(3,4)24(32)17-21-9-6-5-7-10-21/h5-12,18,20,24H,13-17,19H2,1-4H3,(H,29,34)/b22-18+. The molecule has 7 nitrogen and oxygen atoms in total. The number of ketones is 1. The molecule has 186 valence electrons. The van der Waals surface area contributed by atoms with E-state index in [1.807, 2.05) is 87.2 Å². The van der Waals surface area contributed by atoms with Gasteiger partial charge in [-0.3, -0.25) is 4.79 Å². The summed E-state index contributed by atoms with van der Waals surface area (Å²) < 4.78 is 5.45. The number of rotatable bonds is 5. The maximum Gasteiger partial charge on any atom is 0.318 e. The highest BCUT2D eigenvalue weighted by Gasteiger charge is 2.47. The lowest BCUT2D eigenvalue weighted by Crippen LogP contribution is -2.61. The van der Waals surface area contributed by atoms with Crippen LogP contribution in [0.2, 0.25) is 0 Å². The molecule has 1 N–H and O–H groups in total. The number of carbonyl (C=O) groups is 2. The molecule has 0 spiro atoms. The van der Waals surface area contributed by atoms with E-state index in [9.17, 15) is 9.59 Å². The Bertz CT molecular complexity index is 1070. The molecule has 1 unspecified atom stereocenters. The molecular weight excluding hydrogens is 440 g/mol. The van der Waals surface area contributed by atoms with Crippen LogP contribution in [-0.4, -0.2) is 66.6 Å². The Morgan fingerprint density at radius 1 is 1.14 bits per heavy atom. The molecule has 2 saturated heterocycles. The molecule has 35 heavy (non-hydrogen) atoms. The van der Waals surface area contributed by atoms with Crippen LogP contribution in [0.3, 0.4) is 0 Å². The summed E-state index contributed by atoms with van der Waals surface area (Å²) in [5.41, 5.74) is 1.67. The van der Waals surface area contributed by atoms with Crippen molar-refractivity contribution in [1.82, 2.24) is 15.2 Å². The predicted octanol–water partition coefficient (Wildman–Crippen LogP) is 3.94. The molecule has 2 aromatic rings. The number of benzene rings is 1. The second kappa shape index (κ2) is 10.6. The van der Waals surface area contributed by atoms with Crippen molar-refractivity contribution in [3.63, 3.8) is 0 Å². The van der Waals surface area contributed by atoms with Gasteiger partial charge >= 0.3 is 6.03 Å². The second-order valence-corrected chi connectivity index (χ2v) is 10.2. The van der Waals surface area contributed by atoms with Gasteiger partial charge in [0.2, 0.25) is 0 Å². The second-order valence-electron chi connectivity index (χ2n) is 10.2. The third kappa shape index (κ3) is 5.73. The van der Waals surface area contributed by atoms with E-state index in [1.165, 1.54) is 0 Å². The lowest BCUT2D eigenvalue weighted by Gasteiger charge is -2.46. The molecule has 7 heteroatoms. The highest BCUT2D eigenvalue weighted by atomic mass is 16.5. The van der Waals surface area contributed by atoms with Crippen molar-refractivity contribution in [3.8, 4) is 0 Å². The van der Waals surface area contributed by atoms with Crippen molar-refractivity contribution in [2.24, 2.45) is 5.41 Å². The number of aromatic nitrogens is 1. The molecule has 0 radical (unpaired) electrons. The number of anilines is 1. The first kappa shape index (κ1) is 24.9. The third-order valence-corrected chi connectivity index (χ3v) is 6.78. The fraction of sp³-hybridized carbons (Fsp3) is 0.464. The SMILES string of the molecule is CC(C)NC(=O)N1C/C(=C\c2cccc(N3CCOCC3)n2)C(=O)C(C)(C)C1Cc1ccccc1. The fourth-order valence-corrected chi connectivity index (χ4v) is 4.84. The first-order valence-corrected chi connectivity index (χ1v) is 12.4. The Balaban J connectivity index is 1.66. The number of amides is 2. The van der Waals surface area contributed by atoms with Crippen LogP contribution in [0.1, 0.15) is 39.0 Å². The number of likely N-dealkylation sites (tertiary alicyclic amines) is 1. The molecule has 3 heterocycles. The smallest absolute Gasteiger partial charge is 0.318 e. The van der Waals surface area contributed by atoms with Crippen LogP contribution in [0.4, 0.5) is 10.6 Å². The zero-order valence-electron chi connectivity index (χ0n) is 21.2. The Kier molecular flexibility index (Phi) is 7.55. The molecule has 2 aliphatic rings. The van der Waals surface area contributed by atoms with Crippen LogP contribution in [0.5, 0.6) is 0 Å². The maximum absolute atomic E-state index is 13.7. The Labute approximate surface area is 208 Å². The summed E-state index contributed by atoms with van der Waals surface area (Å²) in [5, 5.41) is 3.03. The number of morpholine rings is 1. The minimum atomic E-state index is -0.754. The summed E-state index contributed by atoms with van der Waals surface area (Å²) in [5.74, 6) is 0.937. The van der Waals surface area contributed by atoms with E-state index in [1.54, 1.807) is 0 Å². The highest BCUT2D eigenvalue weighted by Crippen LogP contribution is 2.37. The molecule has 0 aliphatic carbocycles. The number of carbonyl (C=O) groups excluding carboxylic acids is 2. The molecule has 0 saturated carbocycles. The van der Waals surface area contributed by atoms with Gasteiger partial charge in [-0.05, 0) is 44.0 Å². The number of pyridine rings is 1. The molecule has 1 aromatic heterocycles. The van der Waals surface area contributed by atoms with Crippen LogP contribution in [0.15, 0.2) is 54.1 Å². The van der Waals surface area contributed by atoms with Gasteiger partial charge in [-0.2, -0.15) is 0 Å². The summed E-state index contributed by atoms with van der Waals surface area (Å²) in [6.07, 6.45) is 2.46. The monoisotopic (exact) mass is 476 g/mol. The van der Waals surface area contributed by atoms with Gasteiger partial charge in [0.15, 0.2) is 5.78 Å². The minimum absolute atomic E-state index is 0.0000779. The maximum atomic E-state index is 13.7. The number of Topliss-reactive ketones (excluding diaryl/α,β-unsaturated/α-hetero) is 1. The first-order chi connectivity index (χ1) is 16.8. The van der Waals surface area contributed by atoms with E-state index in [4.69, 9.17) is 9.72 Å². The molecule has 2 amide bonds. The highest BCUT2D eigenvalue weighted by molar-refractivity contribution is 6.05. The number of nitrogens with zero attached hydrogens (tertiary/aromatic N) is 3. The van der Waals surface area contributed by atoms with E-state index >= 15 is 0 Å². The van der Waals surface area contributed by atoms with Gasteiger partial charge in [0.1, 0.15) is 5.82 Å². The number of hydrogen-bond acceptors (Lipinski definition) is 5. The Morgan fingerprint density at radius 3 is 2.54 bits per heavy atom. The Hall–Kier alpha value is -3.19. The Morgan fingerprint density at radius 2 is 1.86 bits per heavy atom. The zero-order chi connectivity index (χ0) is 25.0. The van der Waals surface area contributed by atoms with Crippen molar-refractivity contribution >= 4 is 23.7 Å². The summed E-state index contributed by atoms with van der Waals surface area (Å²) in [6, 6.07) is 15.5. The van der Waals surface area contributed by atoms with E-state index in [2.05, 4.69) is 10.2 Å². The number of urea groups is 1. The fourth-order valence-electron chi connectivity index (χ4n) is 4.84. The zero-order valence-corrected chi connectivity index (χ0v) is 21.2. The van der Waals surface area contributed by atoms with Gasteiger partial charge < -0.3 is 19.9 Å². The number of hydrogen-bond donors (Lipinski definition) is 1. The van der Waals surface area contributed by atoms with Gasteiger partial charge in [-0.25, -0.2) is 9.78 Å². The summed E-state index contributed by atoms with van der Waals surface area (Å²) in [6.45, 7) is 11.0. The van der Waals surface area contributed by atoms with Crippen LogP contribution in [0.25, 0.3) is 6.08 Å². The predicted molar refractivity (Wildman–Crippen MR) is 138 cm³/mol. The van der Waals surface area contributed by atoms with Crippen LogP contribution < -0.4 is 10.2 Å². The quantitative estimate of drug-likeness (QED) is 0.662. The minimum Gasteiger partial charge on any atom is -0.378 e. The normalized spacial score (nSPS) is 21.5. The average Bonchev–Trinajstić information content (AvgIpc) is 2.85. The van der Waals surface area contributed by atoms with Crippen molar-refractivity contribution < 1.29 is 14.3 Å². The molecule has 1 aromatic carbocycles. The van der Waals surface area contributed by atoms with Crippen molar-refractivity contribution in [1.29, 1.82) is 0 Å². The molecule has 2 fully saturated rings. The number of piperidine rings is 1.